The van der Waals surface area contributed by atoms with Crippen molar-refractivity contribution in [3.8, 4) is 0 Å². The summed E-state index contributed by atoms with van der Waals surface area (Å²) >= 11 is 0. The van der Waals surface area contributed by atoms with Crippen molar-refractivity contribution in [1.82, 2.24) is 4.98 Å². The molecule has 0 aliphatic rings. The molecule has 0 aliphatic heterocycles. The SMILES string of the molecule is CCOC(=O)Nc1ccc(NC(C)c2ccccn2)cc1. The van der Waals surface area contributed by atoms with Gasteiger partial charge in [0.2, 0.25) is 0 Å². The highest BCUT2D eigenvalue weighted by Crippen LogP contribution is 2.19. The van der Waals surface area contributed by atoms with Gasteiger partial charge in [-0.25, -0.2) is 4.79 Å². The lowest BCUT2D eigenvalue weighted by molar-refractivity contribution is 0.168. The molecule has 1 aromatic heterocycles. The van der Waals surface area contributed by atoms with Crippen LogP contribution < -0.4 is 10.6 Å². The Hall–Kier alpha value is -2.56. The Kier molecular flexibility index (Phi) is 5.15. The number of hydrogen-bond donors (Lipinski definition) is 2. The first-order valence-corrected chi connectivity index (χ1v) is 6.90. The highest BCUT2D eigenvalue weighted by atomic mass is 16.5. The number of carbonyl (C=O) groups is 1. The van der Waals surface area contributed by atoms with Crippen molar-refractivity contribution in [2.75, 3.05) is 17.2 Å². The minimum absolute atomic E-state index is 0.107. The van der Waals surface area contributed by atoms with E-state index in [1.165, 1.54) is 0 Å². The maximum atomic E-state index is 11.3. The maximum absolute atomic E-state index is 11.3. The fourth-order valence-corrected chi connectivity index (χ4v) is 1.89. The molecule has 0 saturated carbocycles. The summed E-state index contributed by atoms with van der Waals surface area (Å²) in [6.07, 6.45) is 1.33. The quantitative estimate of drug-likeness (QED) is 0.876. The zero-order valence-corrected chi connectivity index (χ0v) is 12.2. The van der Waals surface area contributed by atoms with Crippen molar-refractivity contribution in [2.24, 2.45) is 0 Å². The smallest absolute Gasteiger partial charge is 0.411 e. The molecule has 1 aromatic carbocycles. The second-order valence-corrected chi connectivity index (χ2v) is 4.54. The number of hydrogen-bond acceptors (Lipinski definition) is 4. The average Bonchev–Trinajstić information content (AvgIpc) is 2.50. The first kappa shape index (κ1) is 14.8. The molecular formula is C16H19N3O2. The molecule has 1 atom stereocenters. The second kappa shape index (κ2) is 7.28. The lowest BCUT2D eigenvalue weighted by Gasteiger charge is -2.15. The average molecular weight is 285 g/mol. The molecule has 1 amide bonds. The molecule has 2 rings (SSSR count). The fourth-order valence-electron chi connectivity index (χ4n) is 1.89. The summed E-state index contributed by atoms with van der Waals surface area (Å²) in [7, 11) is 0. The van der Waals surface area contributed by atoms with Crippen molar-refractivity contribution in [2.45, 2.75) is 19.9 Å². The van der Waals surface area contributed by atoms with Crippen LogP contribution in [0.25, 0.3) is 0 Å². The van der Waals surface area contributed by atoms with Gasteiger partial charge in [-0.15, -0.1) is 0 Å². The van der Waals surface area contributed by atoms with Crippen LogP contribution in [-0.4, -0.2) is 17.7 Å². The Morgan fingerprint density at radius 2 is 1.90 bits per heavy atom. The van der Waals surface area contributed by atoms with Gasteiger partial charge in [0.25, 0.3) is 0 Å². The van der Waals surface area contributed by atoms with E-state index >= 15 is 0 Å². The highest BCUT2D eigenvalue weighted by molar-refractivity contribution is 5.84. The Balaban J connectivity index is 1.95. The number of pyridine rings is 1. The molecule has 110 valence electrons. The number of nitrogens with one attached hydrogen (secondary N) is 2. The van der Waals surface area contributed by atoms with Crippen molar-refractivity contribution < 1.29 is 9.53 Å². The number of rotatable bonds is 5. The van der Waals surface area contributed by atoms with Gasteiger partial charge in [0, 0.05) is 17.6 Å². The van der Waals surface area contributed by atoms with Crippen LogP contribution in [0.1, 0.15) is 25.6 Å². The van der Waals surface area contributed by atoms with Gasteiger partial charge in [-0.1, -0.05) is 6.07 Å². The van der Waals surface area contributed by atoms with Crippen LogP contribution in [0.2, 0.25) is 0 Å². The number of ether oxygens (including phenoxy) is 1. The zero-order valence-electron chi connectivity index (χ0n) is 12.2. The monoisotopic (exact) mass is 285 g/mol. The number of amides is 1. The van der Waals surface area contributed by atoms with Gasteiger partial charge in [0.15, 0.2) is 0 Å². The summed E-state index contributed by atoms with van der Waals surface area (Å²) in [5, 5.41) is 6.01. The largest absolute Gasteiger partial charge is 0.450 e. The topological polar surface area (TPSA) is 63.2 Å². The minimum atomic E-state index is -0.444. The lowest BCUT2D eigenvalue weighted by atomic mass is 10.2. The number of carbonyl (C=O) groups excluding carboxylic acids is 1. The van der Waals surface area contributed by atoms with Crippen LogP contribution >= 0.6 is 0 Å². The predicted octanol–water partition coefficient (Wildman–Crippen LogP) is 3.82. The molecule has 5 heteroatoms. The van der Waals surface area contributed by atoms with Gasteiger partial charge < -0.3 is 10.1 Å². The Morgan fingerprint density at radius 1 is 1.19 bits per heavy atom. The molecule has 1 unspecified atom stereocenters. The number of anilines is 2. The van der Waals surface area contributed by atoms with E-state index in [1.807, 2.05) is 49.4 Å². The molecule has 1 heterocycles. The second-order valence-electron chi connectivity index (χ2n) is 4.54. The van der Waals surface area contributed by atoms with Crippen LogP contribution in [0.5, 0.6) is 0 Å². The van der Waals surface area contributed by atoms with Gasteiger partial charge >= 0.3 is 6.09 Å². The third-order valence-electron chi connectivity index (χ3n) is 2.92. The molecule has 5 nitrogen and oxygen atoms in total. The molecular weight excluding hydrogens is 266 g/mol. The zero-order chi connectivity index (χ0) is 15.1. The Bertz CT molecular complexity index is 570. The minimum Gasteiger partial charge on any atom is -0.450 e. The maximum Gasteiger partial charge on any atom is 0.411 e. The molecule has 2 aromatic rings. The summed E-state index contributed by atoms with van der Waals surface area (Å²) < 4.78 is 4.82. The van der Waals surface area contributed by atoms with Crippen molar-refractivity contribution in [1.29, 1.82) is 0 Å². The summed E-state index contributed by atoms with van der Waals surface area (Å²) in [5.41, 5.74) is 2.64. The van der Waals surface area contributed by atoms with E-state index in [0.29, 0.717) is 12.3 Å². The molecule has 21 heavy (non-hydrogen) atoms. The van der Waals surface area contributed by atoms with E-state index in [1.54, 1.807) is 13.1 Å². The molecule has 2 N–H and O–H groups in total. The van der Waals surface area contributed by atoms with Gasteiger partial charge in [0.1, 0.15) is 0 Å². The van der Waals surface area contributed by atoms with Crippen molar-refractivity contribution in [3.63, 3.8) is 0 Å². The van der Waals surface area contributed by atoms with Crippen molar-refractivity contribution >= 4 is 17.5 Å². The summed E-state index contributed by atoms with van der Waals surface area (Å²) in [5.74, 6) is 0. The fraction of sp³-hybridized carbons (Fsp3) is 0.250. The number of nitrogens with zero attached hydrogens (tertiary/aromatic N) is 1. The van der Waals surface area contributed by atoms with Gasteiger partial charge in [-0.2, -0.15) is 0 Å². The van der Waals surface area contributed by atoms with Crippen LogP contribution in [0.3, 0.4) is 0 Å². The van der Waals surface area contributed by atoms with Crippen LogP contribution in [0.4, 0.5) is 16.2 Å². The van der Waals surface area contributed by atoms with Gasteiger partial charge in [0.05, 0.1) is 18.3 Å². The van der Waals surface area contributed by atoms with Crippen LogP contribution in [0.15, 0.2) is 48.7 Å². The lowest BCUT2D eigenvalue weighted by Crippen LogP contribution is -2.13. The van der Waals surface area contributed by atoms with E-state index in [0.717, 1.165) is 11.4 Å². The van der Waals surface area contributed by atoms with E-state index in [9.17, 15) is 4.79 Å². The Morgan fingerprint density at radius 3 is 2.52 bits per heavy atom. The normalized spacial score (nSPS) is 11.5. The van der Waals surface area contributed by atoms with E-state index in [-0.39, 0.29) is 6.04 Å². The van der Waals surface area contributed by atoms with Gasteiger partial charge in [-0.05, 0) is 50.2 Å². The van der Waals surface area contributed by atoms with Crippen molar-refractivity contribution in [3.05, 3.63) is 54.4 Å². The predicted molar refractivity (Wildman–Crippen MR) is 83.4 cm³/mol. The molecule has 0 aliphatic carbocycles. The van der Waals surface area contributed by atoms with Crippen LogP contribution in [0, 0.1) is 0 Å². The summed E-state index contributed by atoms with van der Waals surface area (Å²) in [4.78, 5) is 15.6. The van der Waals surface area contributed by atoms with E-state index < -0.39 is 6.09 Å². The molecule has 0 radical (unpaired) electrons. The molecule has 0 saturated heterocycles. The van der Waals surface area contributed by atoms with E-state index in [2.05, 4.69) is 15.6 Å². The van der Waals surface area contributed by atoms with Crippen LogP contribution in [-0.2, 0) is 4.74 Å². The first-order valence-electron chi connectivity index (χ1n) is 6.90. The molecule has 0 fully saturated rings. The third-order valence-corrected chi connectivity index (χ3v) is 2.92. The van der Waals surface area contributed by atoms with Gasteiger partial charge in [-0.3, -0.25) is 10.3 Å². The first-order chi connectivity index (χ1) is 10.2. The highest BCUT2D eigenvalue weighted by Gasteiger charge is 2.06. The number of aromatic nitrogens is 1. The number of benzene rings is 1. The molecule has 0 bridgehead atoms. The Labute approximate surface area is 124 Å². The third kappa shape index (κ3) is 4.49. The summed E-state index contributed by atoms with van der Waals surface area (Å²) in [6.45, 7) is 4.17. The summed E-state index contributed by atoms with van der Waals surface area (Å²) in [6, 6.07) is 13.4. The molecule has 0 spiro atoms. The van der Waals surface area contributed by atoms with E-state index in [4.69, 9.17) is 4.74 Å². The standard InChI is InChI=1S/C16H19N3O2/c1-3-21-16(20)19-14-9-7-13(8-10-14)18-12(2)15-6-4-5-11-17-15/h4-12,18H,3H2,1-2H3,(H,19,20).